The molecule has 0 atom stereocenters. The zero-order chi connectivity index (χ0) is 44.0. The second-order valence-electron chi connectivity index (χ2n) is 16.6. The van der Waals surface area contributed by atoms with Crippen LogP contribution in [0.2, 0.25) is 0 Å². The van der Waals surface area contributed by atoms with Gasteiger partial charge in [-0.25, -0.2) is 15.0 Å². The largest absolute Gasteiger partial charge is 0.208 e. The van der Waals surface area contributed by atoms with Gasteiger partial charge in [-0.15, -0.1) is 0 Å². The van der Waals surface area contributed by atoms with Crippen LogP contribution in [0, 0.1) is 11.3 Å². The first-order valence-corrected chi connectivity index (χ1v) is 22.1. The van der Waals surface area contributed by atoms with Crippen molar-refractivity contribution in [2.24, 2.45) is 0 Å². The van der Waals surface area contributed by atoms with Crippen molar-refractivity contribution in [2.45, 2.75) is 0 Å². The van der Waals surface area contributed by atoms with E-state index in [9.17, 15) is 5.26 Å². The number of hydrogen-bond donors (Lipinski definition) is 0. The topological polar surface area (TPSA) is 62.5 Å². The molecular formula is C62H38N4. The van der Waals surface area contributed by atoms with E-state index in [1.54, 1.807) is 0 Å². The first-order valence-electron chi connectivity index (χ1n) is 22.1. The van der Waals surface area contributed by atoms with Gasteiger partial charge in [0.05, 0.1) is 11.6 Å². The molecule has 0 saturated carbocycles. The Morgan fingerprint density at radius 2 is 0.652 bits per heavy atom. The monoisotopic (exact) mass is 838 g/mol. The van der Waals surface area contributed by atoms with E-state index in [0.29, 0.717) is 23.0 Å². The van der Waals surface area contributed by atoms with E-state index < -0.39 is 0 Å². The Morgan fingerprint density at radius 3 is 1.24 bits per heavy atom. The van der Waals surface area contributed by atoms with E-state index in [1.165, 1.54) is 54.2 Å². The van der Waals surface area contributed by atoms with Crippen LogP contribution in [0.3, 0.4) is 0 Å². The van der Waals surface area contributed by atoms with Gasteiger partial charge in [-0.05, 0) is 124 Å². The number of benzene rings is 11. The zero-order valence-electron chi connectivity index (χ0n) is 35.7. The third-order valence-electron chi connectivity index (χ3n) is 12.7. The quantitative estimate of drug-likeness (QED) is 0.150. The van der Waals surface area contributed by atoms with Gasteiger partial charge in [0.2, 0.25) is 0 Å². The van der Waals surface area contributed by atoms with Crippen molar-refractivity contribution < 1.29 is 0 Å². The minimum absolute atomic E-state index is 0.614. The molecule has 0 aliphatic carbocycles. The van der Waals surface area contributed by atoms with Crippen molar-refractivity contribution in [2.75, 3.05) is 0 Å². The summed E-state index contributed by atoms with van der Waals surface area (Å²) < 4.78 is 0. The van der Waals surface area contributed by atoms with E-state index in [4.69, 9.17) is 15.0 Å². The summed E-state index contributed by atoms with van der Waals surface area (Å²) in [6.07, 6.45) is 0. The first kappa shape index (κ1) is 38.6. The maximum absolute atomic E-state index is 9.45. The number of fused-ring (bicyclic) bond motifs is 6. The fraction of sp³-hybridized carbons (Fsp3) is 0. The Kier molecular flexibility index (Phi) is 9.51. The summed E-state index contributed by atoms with van der Waals surface area (Å²) in [6, 6.07) is 83.2. The van der Waals surface area contributed by atoms with Crippen LogP contribution in [0.25, 0.3) is 122 Å². The molecule has 4 heteroatoms. The minimum Gasteiger partial charge on any atom is -0.208 e. The Labute approximate surface area is 382 Å². The molecule has 11 aromatic carbocycles. The van der Waals surface area contributed by atoms with E-state index in [2.05, 4.69) is 176 Å². The molecule has 0 amide bonds. The van der Waals surface area contributed by atoms with Gasteiger partial charge in [0.15, 0.2) is 17.5 Å². The van der Waals surface area contributed by atoms with E-state index in [1.807, 2.05) is 60.7 Å². The molecule has 0 bridgehead atoms. The van der Waals surface area contributed by atoms with Crippen LogP contribution in [0.5, 0.6) is 0 Å². The SMILES string of the molecule is N#Cc1ccc(-c2ccc(-c3cc4c5ccccc5c(-c5cccc(-c6nc(-c7ccccc7)nc(-c7cccc(-c8ccccc8)c7)n6)c5)cc4c4ccccc34)c3ccccc23)cc1. The molecule has 0 N–H and O–H groups in total. The van der Waals surface area contributed by atoms with Crippen molar-refractivity contribution in [3.63, 3.8) is 0 Å². The Bertz CT molecular complexity index is 3870. The summed E-state index contributed by atoms with van der Waals surface area (Å²) in [5, 5.41) is 18.9. The highest BCUT2D eigenvalue weighted by molar-refractivity contribution is 6.25. The third-order valence-corrected chi connectivity index (χ3v) is 12.7. The van der Waals surface area contributed by atoms with Gasteiger partial charge in [0, 0.05) is 16.7 Å². The third kappa shape index (κ3) is 6.84. The summed E-state index contributed by atoms with van der Waals surface area (Å²) in [4.78, 5) is 15.4. The normalized spacial score (nSPS) is 11.3. The van der Waals surface area contributed by atoms with Gasteiger partial charge in [-0.1, -0.05) is 194 Å². The van der Waals surface area contributed by atoms with Crippen LogP contribution < -0.4 is 0 Å². The number of nitriles is 1. The van der Waals surface area contributed by atoms with Crippen LogP contribution in [-0.4, -0.2) is 15.0 Å². The molecule has 4 nitrogen and oxygen atoms in total. The average Bonchev–Trinajstić information content (AvgIpc) is 3.40. The van der Waals surface area contributed by atoms with Gasteiger partial charge in [-0.3, -0.25) is 0 Å². The molecule has 306 valence electrons. The second kappa shape index (κ2) is 16.3. The lowest BCUT2D eigenvalue weighted by atomic mass is 9.85. The van der Waals surface area contributed by atoms with Gasteiger partial charge in [-0.2, -0.15) is 5.26 Å². The molecule has 0 aliphatic rings. The number of rotatable bonds is 7. The van der Waals surface area contributed by atoms with Gasteiger partial charge in [0.1, 0.15) is 0 Å². The van der Waals surface area contributed by atoms with Crippen LogP contribution in [0.1, 0.15) is 5.56 Å². The minimum atomic E-state index is 0.614. The van der Waals surface area contributed by atoms with Crippen LogP contribution >= 0.6 is 0 Å². The molecule has 66 heavy (non-hydrogen) atoms. The molecule has 0 spiro atoms. The lowest BCUT2D eigenvalue weighted by Crippen LogP contribution is -2.00. The van der Waals surface area contributed by atoms with Crippen LogP contribution in [0.4, 0.5) is 0 Å². The molecule has 12 aromatic rings. The highest BCUT2D eigenvalue weighted by atomic mass is 15.0. The maximum atomic E-state index is 9.45. The maximum Gasteiger partial charge on any atom is 0.164 e. The fourth-order valence-electron chi connectivity index (χ4n) is 9.57. The zero-order valence-corrected chi connectivity index (χ0v) is 35.7. The molecule has 0 fully saturated rings. The van der Waals surface area contributed by atoms with E-state index >= 15 is 0 Å². The molecule has 0 radical (unpaired) electrons. The molecular weight excluding hydrogens is 801 g/mol. The lowest BCUT2D eigenvalue weighted by Gasteiger charge is -2.18. The molecule has 1 heterocycles. The predicted molar refractivity (Wildman–Crippen MR) is 273 cm³/mol. The molecule has 0 aliphatic heterocycles. The highest BCUT2D eigenvalue weighted by Gasteiger charge is 2.19. The van der Waals surface area contributed by atoms with Crippen molar-refractivity contribution in [3.8, 4) is 84.7 Å². The Balaban J connectivity index is 1.02. The van der Waals surface area contributed by atoms with Gasteiger partial charge >= 0.3 is 0 Å². The van der Waals surface area contributed by atoms with E-state index in [-0.39, 0.29) is 0 Å². The van der Waals surface area contributed by atoms with Crippen molar-refractivity contribution in [3.05, 3.63) is 236 Å². The predicted octanol–water partition coefficient (Wildman–Crippen LogP) is 16.0. The number of nitrogens with zero attached hydrogens (tertiary/aromatic N) is 4. The number of hydrogen-bond acceptors (Lipinski definition) is 4. The smallest absolute Gasteiger partial charge is 0.164 e. The molecule has 12 rings (SSSR count). The standard InChI is InChI=1S/C62H38N4/c63-39-40-29-31-42(32-30-40)48-33-34-55(50-24-8-7-23-49(48)50)57-38-59-52-26-10-9-25-51(52)56(37-58(59)54-28-12-11-27-53(54)57)45-20-14-22-47(36-45)62-65-60(43-17-5-2-6-18-43)64-61(66-62)46-21-13-19-44(35-46)41-15-3-1-4-16-41/h1-38H. The fourth-order valence-corrected chi connectivity index (χ4v) is 9.57. The van der Waals surface area contributed by atoms with Crippen LogP contribution in [-0.2, 0) is 0 Å². The number of aromatic nitrogens is 3. The highest BCUT2D eigenvalue weighted by Crippen LogP contribution is 2.45. The molecule has 1 aromatic heterocycles. The first-order chi connectivity index (χ1) is 32.7. The second-order valence-corrected chi connectivity index (χ2v) is 16.6. The lowest BCUT2D eigenvalue weighted by molar-refractivity contribution is 1.07. The Morgan fingerprint density at radius 1 is 0.242 bits per heavy atom. The summed E-state index contributed by atoms with van der Waals surface area (Å²) in [5.41, 5.74) is 12.5. The summed E-state index contributed by atoms with van der Waals surface area (Å²) in [6.45, 7) is 0. The summed E-state index contributed by atoms with van der Waals surface area (Å²) >= 11 is 0. The molecule has 0 unspecified atom stereocenters. The van der Waals surface area contributed by atoms with Crippen molar-refractivity contribution >= 4 is 43.1 Å². The van der Waals surface area contributed by atoms with Gasteiger partial charge < -0.3 is 0 Å². The van der Waals surface area contributed by atoms with Crippen molar-refractivity contribution in [1.82, 2.24) is 15.0 Å². The van der Waals surface area contributed by atoms with Crippen LogP contribution in [0.15, 0.2) is 231 Å². The summed E-state index contributed by atoms with van der Waals surface area (Å²) in [7, 11) is 0. The summed E-state index contributed by atoms with van der Waals surface area (Å²) in [5.74, 6) is 1.86. The van der Waals surface area contributed by atoms with Crippen molar-refractivity contribution in [1.29, 1.82) is 5.26 Å². The van der Waals surface area contributed by atoms with E-state index in [0.717, 1.165) is 50.1 Å². The average molecular weight is 839 g/mol. The molecule has 0 saturated heterocycles. The Hall–Kier alpha value is -9.04. The van der Waals surface area contributed by atoms with Gasteiger partial charge in [0.25, 0.3) is 0 Å².